The van der Waals surface area contributed by atoms with Crippen molar-refractivity contribution in [1.82, 2.24) is 20.0 Å². The van der Waals surface area contributed by atoms with Crippen LogP contribution >= 0.6 is 0 Å². The van der Waals surface area contributed by atoms with Gasteiger partial charge in [0.05, 0.1) is 24.2 Å². The number of ether oxygens (including phenoxy) is 1. The SMILES string of the molecule is COC1CN(C(=O)NCc2cccc(Cn3cccn3)c2)C(C)(C(=O)[O-])C1.[K+]. The number of aliphatic carboxylic acids is 1. The molecule has 2 heterocycles. The average Bonchev–Trinajstić information content (AvgIpc) is 3.28. The number of carboxylic acid groups (broad SMARTS) is 1. The quantitative estimate of drug-likeness (QED) is 0.526. The number of benzene rings is 1. The van der Waals surface area contributed by atoms with Crippen LogP contribution in [0.1, 0.15) is 24.5 Å². The topological polar surface area (TPSA) is 99.5 Å². The zero-order valence-electron chi connectivity index (χ0n) is 16.4. The number of methoxy groups -OCH3 is 1. The van der Waals surface area contributed by atoms with Gasteiger partial charge in [-0.15, -0.1) is 0 Å². The number of aromatic nitrogens is 2. The number of carbonyl (C=O) groups excluding carboxylic acids is 2. The second-order valence-corrected chi connectivity index (χ2v) is 6.92. The molecule has 2 atom stereocenters. The van der Waals surface area contributed by atoms with Crippen molar-refractivity contribution in [2.45, 2.75) is 38.1 Å². The average molecular weight is 411 g/mol. The molecule has 0 saturated carbocycles. The number of carboxylic acids is 1. The van der Waals surface area contributed by atoms with Crippen molar-refractivity contribution in [3.05, 3.63) is 53.9 Å². The Balaban J connectivity index is 0.00000280. The Morgan fingerprint density at radius 1 is 1.36 bits per heavy atom. The van der Waals surface area contributed by atoms with E-state index in [0.717, 1.165) is 11.1 Å². The third-order valence-electron chi connectivity index (χ3n) is 4.96. The predicted molar refractivity (Wildman–Crippen MR) is 95.5 cm³/mol. The van der Waals surface area contributed by atoms with Gasteiger partial charge in [-0.05, 0) is 24.1 Å². The van der Waals surface area contributed by atoms with Gasteiger partial charge in [-0.25, -0.2) is 4.79 Å². The number of hydrogen-bond acceptors (Lipinski definition) is 5. The molecule has 1 aromatic carbocycles. The van der Waals surface area contributed by atoms with Crippen molar-refractivity contribution >= 4 is 12.0 Å². The number of likely N-dealkylation sites (tertiary alicyclic amines) is 1. The first-order valence-corrected chi connectivity index (χ1v) is 8.77. The van der Waals surface area contributed by atoms with Crippen LogP contribution in [0.2, 0.25) is 0 Å². The van der Waals surface area contributed by atoms with Crippen LogP contribution in [0.4, 0.5) is 4.79 Å². The van der Waals surface area contributed by atoms with Crippen LogP contribution in [-0.4, -0.2) is 52.0 Å². The van der Waals surface area contributed by atoms with Gasteiger partial charge in [0.25, 0.3) is 0 Å². The largest absolute Gasteiger partial charge is 1.00 e. The molecule has 0 aliphatic carbocycles. The normalized spacial score (nSPS) is 21.2. The summed E-state index contributed by atoms with van der Waals surface area (Å²) in [4.78, 5) is 25.5. The van der Waals surface area contributed by atoms with Crippen LogP contribution in [0.15, 0.2) is 42.7 Å². The molecule has 2 aromatic rings. The number of urea groups is 1. The molecule has 9 heteroatoms. The maximum Gasteiger partial charge on any atom is 1.00 e. The van der Waals surface area contributed by atoms with Crippen molar-refractivity contribution in [1.29, 1.82) is 0 Å². The van der Waals surface area contributed by atoms with E-state index in [1.807, 2.05) is 41.2 Å². The third-order valence-corrected chi connectivity index (χ3v) is 4.96. The minimum Gasteiger partial charge on any atom is -0.548 e. The zero-order chi connectivity index (χ0) is 19.4. The Labute approximate surface area is 206 Å². The van der Waals surface area contributed by atoms with Crippen molar-refractivity contribution in [2.75, 3.05) is 13.7 Å². The summed E-state index contributed by atoms with van der Waals surface area (Å²) >= 11 is 0. The second kappa shape index (κ2) is 9.99. The van der Waals surface area contributed by atoms with Gasteiger partial charge >= 0.3 is 57.4 Å². The molecule has 28 heavy (non-hydrogen) atoms. The molecular formula is C19H23KN4O4. The number of hydrogen-bond donors (Lipinski definition) is 1. The number of carbonyl (C=O) groups is 2. The van der Waals surface area contributed by atoms with E-state index in [0.29, 0.717) is 13.1 Å². The first-order valence-electron chi connectivity index (χ1n) is 8.77. The van der Waals surface area contributed by atoms with Gasteiger partial charge in [0.1, 0.15) is 0 Å². The summed E-state index contributed by atoms with van der Waals surface area (Å²) in [6.45, 7) is 2.64. The second-order valence-electron chi connectivity index (χ2n) is 6.92. The molecule has 2 amide bonds. The van der Waals surface area contributed by atoms with E-state index >= 15 is 0 Å². The molecule has 1 aliphatic heterocycles. The van der Waals surface area contributed by atoms with Crippen molar-refractivity contribution in [3.8, 4) is 0 Å². The van der Waals surface area contributed by atoms with Gasteiger partial charge in [-0.3, -0.25) is 4.68 Å². The molecular weight excluding hydrogens is 387 g/mol. The van der Waals surface area contributed by atoms with Crippen LogP contribution in [0.5, 0.6) is 0 Å². The monoisotopic (exact) mass is 410 g/mol. The summed E-state index contributed by atoms with van der Waals surface area (Å²) in [7, 11) is 1.51. The molecule has 8 nitrogen and oxygen atoms in total. The molecule has 144 valence electrons. The zero-order valence-corrected chi connectivity index (χ0v) is 19.5. The van der Waals surface area contributed by atoms with Gasteiger partial charge in [-0.1, -0.05) is 24.3 Å². The standard InChI is InChI=1S/C19H24N4O4.K/c1-19(17(24)25)10-16(27-2)13-23(19)18(26)20-11-14-5-3-6-15(9-14)12-22-8-4-7-21-22;/h3-9,16H,10-13H2,1-2H3,(H,20,26)(H,24,25);/q;+1/p-1. The van der Waals surface area contributed by atoms with E-state index in [1.54, 1.807) is 6.20 Å². The van der Waals surface area contributed by atoms with Crippen molar-refractivity contribution in [3.63, 3.8) is 0 Å². The molecule has 1 aliphatic rings. The van der Waals surface area contributed by atoms with Gasteiger partial charge < -0.3 is 24.9 Å². The number of nitrogens with one attached hydrogen (secondary N) is 1. The minimum atomic E-state index is -1.38. The molecule has 0 spiro atoms. The fourth-order valence-corrected chi connectivity index (χ4v) is 3.37. The summed E-state index contributed by atoms with van der Waals surface area (Å²) < 4.78 is 7.06. The summed E-state index contributed by atoms with van der Waals surface area (Å²) in [6, 6.07) is 9.22. The van der Waals surface area contributed by atoms with E-state index in [4.69, 9.17) is 4.74 Å². The Morgan fingerprint density at radius 3 is 2.75 bits per heavy atom. The molecule has 0 radical (unpaired) electrons. The summed E-state index contributed by atoms with van der Waals surface area (Å²) in [5.41, 5.74) is 0.600. The van der Waals surface area contributed by atoms with Crippen LogP contribution in [-0.2, 0) is 22.6 Å². The maximum atomic E-state index is 12.6. The fraction of sp³-hybridized carbons (Fsp3) is 0.421. The van der Waals surface area contributed by atoms with E-state index < -0.39 is 17.5 Å². The summed E-state index contributed by atoms with van der Waals surface area (Å²) in [5, 5.41) is 18.6. The first kappa shape index (κ1) is 23.0. The van der Waals surface area contributed by atoms with Crippen molar-refractivity contribution < 1.29 is 70.8 Å². The van der Waals surface area contributed by atoms with Crippen molar-refractivity contribution in [2.24, 2.45) is 0 Å². The minimum absolute atomic E-state index is 0. The molecule has 1 saturated heterocycles. The van der Waals surface area contributed by atoms with Gasteiger partial charge in [0.15, 0.2) is 0 Å². The van der Waals surface area contributed by atoms with Crippen LogP contribution in [0.3, 0.4) is 0 Å². The summed E-state index contributed by atoms with van der Waals surface area (Å²) in [5.74, 6) is -1.28. The molecule has 3 rings (SSSR count). The molecule has 2 unspecified atom stereocenters. The summed E-state index contributed by atoms with van der Waals surface area (Å²) in [6.07, 6.45) is 3.49. The third kappa shape index (κ3) is 5.22. The van der Waals surface area contributed by atoms with Crippen LogP contribution in [0, 0.1) is 0 Å². The Kier molecular flexibility index (Phi) is 8.23. The Morgan fingerprint density at radius 2 is 2.11 bits per heavy atom. The van der Waals surface area contributed by atoms with Gasteiger partial charge in [0, 0.05) is 39.0 Å². The Hall–Kier alpha value is -1.23. The molecule has 1 fully saturated rings. The number of amides is 2. The van der Waals surface area contributed by atoms with Crippen LogP contribution in [0.25, 0.3) is 0 Å². The van der Waals surface area contributed by atoms with E-state index in [-0.39, 0.29) is 70.5 Å². The van der Waals surface area contributed by atoms with Gasteiger partial charge in [0.2, 0.25) is 0 Å². The fourth-order valence-electron chi connectivity index (χ4n) is 3.37. The van der Waals surface area contributed by atoms with Gasteiger partial charge in [-0.2, -0.15) is 5.10 Å². The molecule has 1 aromatic heterocycles. The Bertz CT molecular complexity index is 814. The van der Waals surface area contributed by atoms with E-state index in [1.165, 1.54) is 18.9 Å². The molecule has 0 bridgehead atoms. The number of nitrogens with zero attached hydrogens (tertiary/aromatic N) is 3. The van der Waals surface area contributed by atoms with E-state index in [9.17, 15) is 14.7 Å². The maximum absolute atomic E-state index is 12.6. The van der Waals surface area contributed by atoms with Crippen LogP contribution < -0.4 is 61.8 Å². The first-order chi connectivity index (χ1) is 12.9. The van der Waals surface area contributed by atoms with E-state index in [2.05, 4.69) is 10.4 Å². The molecule has 1 N–H and O–H groups in total. The smallest absolute Gasteiger partial charge is 0.548 e. The number of rotatable bonds is 6. The predicted octanol–water partition coefficient (Wildman–Crippen LogP) is -2.63.